The number of aromatic amines is 1. The summed E-state index contributed by atoms with van der Waals surface area (Å²) in [5, 5.41) is 11.0. The van der Waals surface area contributed by atoms with Gasteiger partial charge in [0, 0.05) is 31.4 Å². The highest BCUT2D eigenvalue weighted by Crippen LogP contribution is 2.48. The predicted molar refractivity (Wildman–Crippen MR) is 112 cm³/mol. The topological polar surface area (TPSA) is 79.4 Å². The van der Waals surface area contributed by atoms with Crippen LogP contribution in [-0.4, -0.2) is 22.0 Å². The van der Waals surface area contributed by atoms with Gasteiger partial charge in [0.05, 0.1) is 0 Å². The Morgan fingerprint density at radius 1 is 1.24 bits per heavy atom. The van der Waals surface area contributed by atoms with Gasteiger partial charge in [0.25, 0.3) is 0 Å². The van der Waals surface area contributed by atoms with E-state index in [9.17, 15) is 14.7 Å². The van der Waals surface area contributed by atoms with Gasteiger partial charge in [0.2, 0.25) is 0 Å². The number of nitrogens with one attached hydrogen (secondary N) is 1. The number of ether oxygens (including phenoxy) is 1. The summed E-state index contributed by atoms with van der Waals surface area (Å²) >= 11 is 7.71. The molecule has 0 spiro atoms. The Balaban J connectivity index is 1.54. The summed E-state index contributed by atoms with van der Waals surface area (Å²) in [4.78, 5) is 29.1. The van der Waals surface area contributed by atoms with Gasteiger partial charge in [-0.25, -0.2) is 0 Å². The number of H-pyrrole nitrogens is 1. The fourth-order valence-corrected chi connectivity index (χ4v) is 4.57. The molecule has 1 aromatic heterocycles. The van der Waals surface area contributed by atoms with E-state index in [-0.39, 0.29) is 0 Å². The van der Waals surface area contributed by atoms with Crippen molar-refractivity contribution in [2.24, 2.45) is 5.41 Å². The molecule has 0 bridgehead atoms. The molecule has 150 valence electrons. The van der Waals surface area contributed by atoms with Crippen molar-refractivity contribution in [3.8, 4) is 0 Å². The number of halogens is 1. The second-order valence-corrected chi connectivity index (χ2v) is 8.90. The zero-order chi connectivity index (χ0) is 20.8. The van der Waals surface area contributed by atoms with Gasteiger partial charge in [0.1, 0.15) is 6.10 Å². The van der Waals surface area contributed by atoms with Crippen molar-refractivity contribution >= 4 is 46.2 Å². The quantitative estimate of drug-likeness (QED) is 0.385. The van der Waals surface area contributed by atoms with Gasteiger partial charge in [-0.2, -0.15) is 0 Å². The van der Waals surface area contributed by atoms with E-state index >= 15 is 0 Å². The number of aromatic nitrogens is 1. The van der Waals surface area contributed by atoms with Gasteiger partial charge in [-0.15, -0.1) is 0 Å². The predicted octanol–water partition coefficient (Wildman–Crippen LogP) is 5.75. The van der Waals surface area contributed by atoms with Gasteiger partial charge in [-0.05, 0) is 56.5 Å². The molecule has 1 heterocycles. The van der Waals surface area contributed by atoms with Crippen molar-refractivity contribution in [3.05, 3.63) is 58.7 Å². The fourth-order valence-electron chi connectivity index (χ4n) is 3.33. The van der Waals surface area contributed by atoms with Gasteiger partial charge >= 0.3 is 11.9 Å². The maximum absolute atomic E-state index is 12.3. The molecular weight excluding hydrogens is 410 g/mol. The first-order chi connectivity index (χ1) is 13.8. The molecule has 1 saturated carbocycles. The summed E-state index contributed by atoms with van der Waals surface area (Å²) < 4.78 is 5.47. The van der Waals surface area contributed by atoms with Crippen molar-refractivity contribution in [1.82, 2.24) is 4.98 Å². The number of carboxylic acids is 1. The first-order valence-corrected chi connectivity index (χ1v) is 10.5. The first-order valence-electron chi connectivity index (χ1n) is 9.30. The molecule has 1 aliphatic rings. The van der Waals surface area contributed by atoms with Crippen LogP contribution >= 0.6 is 23.4 Å². The molecule has 2 aromatic carbocycles. The van der Waals surface area contributed by atoms with Crippen LogP contribution < -0.4 is 0 Å². The zero-order valence-electron chi connectivity index (χ0n) is 16.0. The number of carboxylic acid groups (broad SMARTS) is 1. The summed E-state index contributed by atoms with van der Waals surface area (Å²) in [7, 11) is 0. The number of fused-ring (bicyclic) bond motifs is 1. The maximum Gasteiger partial charge on any atom is 0.324 e. The van der Waals surface area contributed by atoms with Crippen molar-refractivity contribution in [2.45, 2.75) is 42.6 Å². The lowest BCUT2D eigenvalue weighted by Crippen LogP contribution is -2.28. The Hall–Kier alpha value is -2.44. The highest BCUT2D eigenvalue weighted by atomic mass is 35.5. The Morgan fingerprint density at radius 3 is 2.69 bits per heavy atom. The highest BCUT2D eigenvalue weighted by molar-refractivity contribution is 7.99. The van der Waals surface area contributed by atoms with E-state index in [0.29, 0.717) is 17.9 Å². The molecule has 7 heteroatoms. The number of hydrogen-bond acceptors (Lipinski definition) is 4. The smallest absolute Gasteiger partial charge is 0.324 e. The first kappa shape index (κ1) is 19.9. The number of aryl methyl sites for hydroxylation is 1. The molecule has 0 saturated heterocycles. The summed E-state index contributed by atoms with van der Waals surface area (Å²) in [5.41, 5.74) is 1.52. The minimum absolute atomic E-state index is 0.341. The van der Waals surface area contributed by atoms with E-state index in [1.807, 2.05) is 49.4 Å². The molecule has 2 N–H and O–H groups in total. The third-order valence-corrected chi connectivity index (χ3v) is 6.73. The minimum atomic E-state index is -1.34. The minimum Gasteiger partial charge on any atom is -0.480 e. The lowest BCUT2D eigenvalue weighted by molar-refractivity contribution is -0.164. The van der Waals surface area contributed by atoms with Crippen LogP contribution in [0.15, 0.2) is 52.3 Å². The SMILES string of the molecule is Cc1[nH]c2cc(Cl)ccc2c1Sc1cccc(C(C)OC(=O)C2(C(=O)O)CC2)c1. The molecule has 1 fully saturated rings. The van der Waals surface area contributed by atoms with Crippen molar-refractivity contribution in [1.29, 1.82) is 0 Å². The largest absolute Gasteiger partial charge is 0.480 e. The average Bonchev–Trinajstić information content (AvgIpc) is 3.44. The van der Waals surface area contributed by atoms with Crippen LogP contribution in [0.3, 0.4) is 0 Å². The molecule has 1 aliphatic carbocycles. The standard InChI is InChI=1S/C22H20ClNO4S/c1-12-19(17-7-6-15(23)11-18(17)24-12)29-16-5-3-4-14(10-16)13(2)28-21(27)22(8-9-22)20(25)26/h3-7,10-11,13,24H,8-9H2,1-2H3,(H,25,26). The zero-order valence-corrected chi connectivity index (χ0v) is 17.6. The van der Waals surface area contributed by atoms with Crippen LogP contribution in [0.5, 0.6) is 0 Å². The number of hydrogen-bond donors (Lipinski definition) is 2. The fraction of sp³-hybridized carbons (Fsp3) is 0.273. The highest BCUT2D eigenvalue weighted by Gasteiger charge is 2.59. The van der Waals surface area contributed by atoms with Crippen LogP contribution in [0, 0.1) is 12.3 Å². The van der Waals surface area contributed by atoms with Crippen LogP contribution in [0.25, 0.3) is 10.9 Å². The third-order valence-electron chi connectivity index (χ3n) is 5.27. The number of carbonyl (C=O) groups excluding carboxylic acids is 1. The van der Waals surface area contributed by atoms with Crippen LogP contribution in [-0.2, 0) is 14.3 Å². The summed E-state index contributed by atoms with van der Waals surface area (Å²) in [5.74, 6) is -1.76. The molecule has 0 radical (unpaired) electrons. The van der Waals surface area contributed by atoms with Gasteiger partial charge in [-0.1, -0.05) is 41.6 Å². The summed E-state index contributed by atoms with van der Waals surface area (Å²) in [6.07, 6.45) is 0.157. The Labute approximate surface area is 177 Å². The molecular formula is C22H20ClNO4S. The normalized spacial score (nSPS) is 15.8. The number of aliphatic carboxylic acids is 1. The van der Waals surface area contributed by atoms with E-state index in [1.165, 1.54) is 0 Å². The Bertz CT molecular complexity index is 1120. The molecule has 4 rings (SSSR count). The summed E-state index contributed by atoms with van der Waals surface area (Å²) in [6.45, 7) is 3.78. The average molecular weight is 430 g/mol. The number of esters is 1. The molecule has 3 aromatic rings. The molecule has 5 nitrogen and oxygen atoms in total. The summed E-state index contributed by atoms with van der Waals surface area (Å²) in [6, 6.07) is 13.5. The van der Waals surface area contributed by atoms with E-state index in [2.05, 4.69) is 4.98 Å². The second-order valence-electron chi connectivity index (χ2n) is 7.38. The molecule has 1 unspecified atom stereocenters. The molecule has 1 atom stereocenters. The van der Waals surface area contributed by atoms with Crippen LogP contribution in [0.4, 0.5) is 0 Å². The number of benzene rings is 2. The maximum atomic E-state index is 12.3. The number of rotatable bonds is 6. The van der Waals surface area contributed by atoms with Gasteiger partial charge in [-0.3, -0.25) is 9.59 Å². The van der Waals surface area contributed by atoms with Crippen molar-refractivity contribution in [2.75, 3.05) is 0 Å². The van der Waals surface area contributed by atoms with Gasteiger partial charge in [0.15, 0.2) is 5.41 Å². The van der Waals surface area contributed by atoms with E-state index < -0.39 is 23.5 Å². The van der Waals surface area contributed by atoms with Gasteiger partial charge < -0.3 is 14.8 Å². The van der Waals surface area contributed by atoms with Crippen molar-refractivity contribution < 1.29 is 19.4 Å². The lowest BCUT2D eigenvalue weighted by Gasteiger charge is -2.17. The molecule has 29 heavy (non-hydrogen) atoms. The molecule has 0 aliphatic heterocycles. The van der Waals surface area contributed by atoms with E-state index in [0.717, 1.165) is 32.0 Å². The third kappa shape index (κ3) is 3.74. The Morgan fingerprint density at radius 2 is 2.00 bits per heavy atom. The van der Waals surface area contributed by atoms with Crippen molar-refractivity contribution in [3.63, 3.8) is 0 Å². The van der Waals surface area contributed by atoms with Crippen LogP contribution in [0.2, 0.25) is 5.02 Å². The Kier molecular flexibility index (Phi) is 5.09. The lowest BCUT2D eigenvalue weighted by atomic mass is 10.1. The van der Waals surface area contributed by atoms with E-state index in [4.69, 9.17) is 16.3 Å². The van der Waals surface area contributed by atoms with Crippen LogP contribution in [0.1, 0.15) is 37.1 Å². The number of carbonyl (C=O) groups is 2. The second kappa shape index (κ2) is 7.43. The van der Waals surface area contributed by atoms with E-state index in [1.54, 1.807) is 18.7 Å². The monoisotopic (exact) mass is 429 g/mol. The molecule has 0 amide bonds.